The number of imidazole rings is 1. The van der Waals surface area contributed by atoms with Crippen LogP contribution in [0.5, 0.6) is 0 Å². The van der Waals surface area contributed by atoms with Crippen molar-refractivity contribution in [1.29, 1.82) is 0 Å². The summed E-state index contributed by atoms with van der Waals surface area (Å²) in [5, 5.41) is 5.47. The van der Waals surface area contributed by atoms with E-state index in [-0.39, 0.29) is 17.6 Å². The van der Waals surface area contributed by atoms with Gasteiger partial charge in [-0.2, -0.15) is 0 Å². The van der Waals surface area contributed by atoms with Crippen LogP contribution in [0.4, 0.5) is 5.69 Å². The number of nitrogens with zero attached hydrogens (tertiary/aromatic N) is 3. The van der Waals surface area contributed by atoms with Gasteiger partial charge in [0.15, 0.2) is 5.76 Å². The van der Waals surface area contributed by atoms with Crippen LogP contribution in [0.2, 0.25) is 0 Å². The van der Waals surface area contributed by atoms with Crippen LogP contribution in [0.1, 0.15) is 24.4 Å². The number of amides is 2. The van der Waals surface area contributed by atoms with Crippen LogP contribution in [-0.4, -0.2) is 32.4 Å². The summed E-state index contributed by atoms with van der Waals surface area (Å²) in [5.41, 5.74) is 0.539. The zero-order valence-corrected chi connectivity index (χ0v) is 14.4. The lowest BCUT2D eigenvalue weighted by molar-refractivity contribution is -0.118. The fourth-order valence-corrected chi connectivity index (χ4v) is 2.38. The lowest BCUT2D eigenvalue weighted by Gasteiger charge is -2.21. The molecule has 0 aromatic carbocycles. The fraction of sp³-hybridized carbons (Fsp3) is 0.222. The lowest BCUT2D eigenvalue weighted by atomic mass is 10.0. The minimum atomic E-state index is -0.707. The molecule has 3 aromatic rings. The molecular weight excluding hydrogens is 334 g/mol. The molecule has 0 saturated carbocycles. The van der Waals surface area contributed by atoms with Crippen molar-refractivity contribution in [2.45, 2.75) is 19.9 Å². The highest BCUT2D eigenvalue weighted by atomic mass is 16.3. The van der Waals surface area contributed by atoms with Gasteiger partial charge in [0.1, 0.15) is 18.2 Å². The Balaban J connectivity index is 1.67. The zero-order chi connectivity index (χ0) is 18.5. The number of hydrogen-bond acceptors (Lipinski definition) is 5. The summed E-state index contributed by atoms with van der Waals surface area (Å²) in [7, 11) is 0. The Hall–Kier alpha value is -3.42. The van der Waals surface area contributed by atoms with Crippen molar-refractivity contribution in [1.82, 2.24) is 19.9 Å². The molecule has 0 aliphatic rings. The van der Waals surface area contributed by atoms with E-state index < -0.39 is 11.9 Å². The molecule has 0 bridgehead atoms. The summed E-state index contributed by atoms with van der Waals surface area (Å²) in [4.78, 5) is 33.0. The average Bonchev–Trinajstić information content (AvgIpc) is 3.33. The van der Waals surface area contributed by atoms with Crippen molar-refractivity contribution in [3.63, 3.8) is 0 Å². The molecule has 134 valence electrons. The summed E-state index contributed by atoms with van der Waals surface area (Å²) in [6, 6.07) is 5.96. The van der Waals surface area contributed by atoms with Gasteiger partial charge in [-0.1, -0.05) is 13.8 Å². The molecule has 8 heteroatoms. The Morgan fingerprint density at radius 2 is 2.08 bits per heavy atom. The maximum Gasteiger partial charge on any atom is 0.287 e. The summed E-state index contributed by atoms with van der Waals surface area (Å²) in [6.45, 7) is 3.71. The van der Waals surface area contributed by atoms with Crippen molar-refractivity contribution >= 4 is 17.5 Å². The van der Waals surface area contributed by atoms with E-state index in [1.165, 1.54) is 6.26 Å². The quantitative estimate of drug-likeness (QED) is 0.708. The number of anilines is 1. The third kappa shape index (κ3) is 3.97. The normalized spacial score (nSPS) is 12.0. The molecular formula is C18H19N5O3. The summed E-state index contributed by atoms with van der Waals surface area (Å²) >= 11 is 0. The van der Waals surface area contributed by atoms with Gasteiger partial charge in [0.05, 0.1) is 18.1 Å². The Kier molecular flexibility index (Phi) is 5.12. The number of hydrogen-bond donors (Lipinski definition) is 2. The van der Waals surface area contributed by atoms with Gasteiger partial charge in [-0.15, -0.1) is 0 Å². The number of carbonyl (C=O) groups is 2. The van der Waals surface area contributed by atoms with Gasteiger partial charge in [-0.05, 0) is 30.2 Å². The van der Waals surface area contributed by atoms with Gasteiger partial charge in [-0.25, -0.2) is 9.97 Å². The number of carbonyl (C=O) groups excluding carboxylic acids is 2. The Morgan fingerprint density at radius 3 is 2.65 bits per heavy atom. The van der Waals surface area contributed by atoms with Crippen LogP contribution in [0.25, 0.3) is 5.82 Å². The first-order valence-corrected chi connectivity index (χ1v) is 8.14. The lowest BCUT2D eigenvalue weighted by Crippen LogP contribution is -2.47. The van der Waals surface area contributed by atoms with Crippen LogP contribution in [0.15, 0.2) is 59.9 Å². The van der Waals surface area contributed by atoms with Crippen molar-refractivity contribution in [3.05, 3.63) is 61.2 Å². The first kappa shape index (κ1) is 17.4. The van der Waals surface area contributed by atoms with Crippen molar-refractivity contribution in [2.24, 2.45) is 5.92 Å². The molecule has 3 rings (SSSR count). The van der Waals surface area contributed by atoms with E-state index in [0.717, 1.165) is 0 Å². The second-order valence-corrected chi connectivity index (χ2v) is 6.04. The SMILES string of the molecule is CC(C)[C@H](NC(=O)c1ccco1)C(=O)Nc1ccc(-n2ccnc2)nc1. The molecule has 2 amide bonds. The molecule has 0 aliphatic heterocycles. The fourth-order valence-electron chi connectivity index (χ4n) is 2.38. The molecule has 3 aromatic heterocycles. The third-order valence-corrected chi connectivity index (χ3v) is 3.77. The van der Waals surface area contributed by atoms with E-state index in [1.807, 2.05) is 13.8 Å². The maximum atomic E-state index is 12.6. The van der Waals surface area contributed by atoms with Crippen LogP contribution in [-0.2, 0) is 4.79 Å². The van der Waals surface area contributed by atoms with E-state index in [0.29, 0.717) is 11.5 Å². The molecule has 0 spiro atoms. The van der Waals surface area contributed by atoms with Gasteiger partial charge in [0, 0.05) is 12.4 Å². The molecule has 26 heavy (non-hydrogen) atoms. The van der Waals surface area contributed by atoms with Gasteiger partial charge in [0.2, 0.25) is 5.91 Å². The van der Waals surface area contributed by atoms with Gasteiger partial charge in [0.25, 0.3) is 5.91 Å². The average molecular weight is 353 g/mol. The minimum absolute atomic E-state index is 0.105. The molecule has 1 atom stereocenters. The van der Waals surface area contributed by atoms with Gasteiger partial charge < -0.3 is 15.1 Å². The highest BCUT2D eigenvalue weighted by Crippen LogP contribution is 2.12. The first-order valence-electron chi connectivity index (χ1n) is 8.14. The third-order valence-electron chi connectivity index (χ3n) is 3.77. The van der Waals surface area contributed by atoms with Crippen molar-refractivity contribution < 1.29 is 14.0 Å². The number of rotatable bonds is 6. The Bertz CT molecular complexity index is 855. The number of aromatic nitrogens is 3. The molecule has 3 heterocycles. The summed E-state index contributed by atoms with van der Waals surface area (Å²) < 4.78 is 6.82. The standard InChI is InChI=1S/C18H19N5O3/c1-12(2)16(22-17(24)14-4-3-9-26-14)18(25)21-13-5-6-15(20-10-13)23-8-7-19-11-23/h3-12,16H,1-2H3,(H,21,25)(H,22,24)/t16-/m0/s1. The molecule has 0 aliphatic carbocycles. The van der Waals surface area contributed by atoms with Crippen LogP contribution in [0.3, 0.4) is 0 Å². The minimum Gasteiger partial charge on any atom is -0.459 e. The van der Waals surface area contributed by atoms with E-state index in [4.69, 9.17) is 4.42 Å². The maximum absolute atomic E-state index is 12.6. The number of pyridine rings is 1. The summed E-state index contributed by atoms with van der Waals surface area (Å²) in [5.74, 6) is -0.0107. The van der Waals surface area contributed by atoms with Crippen LogP contribution in [0, 0.1) is 5.92 Å². The van der Waals surface area contributed by atoms with E-state index >= 15 is 0 Å². The molecule has 8 nitrogen and oxygen atoms in total. The van der Waals surface area contributed by atoms with Crippen molar-refractivity contribution in [3.8, 4) is 5.82 Å². The second-order valence-electron chi connectivity index (χ2n) is 6.04. The molecule has 0 unspecified atom stereocenters. The molecule has 0 fully saturated rings. The summed E-state index contributed by atoms with van der Waals surface area (Å²) in [6.07, 6.45) is 8.04. The van der Waals surface area contributed by atoms with Crippen LogP contribution >= 0.6 is 0 Å². The van der Waals surface area contributed by atoms with Crippen molar-refractivity contribution in [2.75, 3.05) is 5.32 Å². The second kappa shape index (κ2) is 7.64. The highest BCUT2D eigenvalue weighted by molar-refractivity contribution is 6.00. The monoisotopic (exact) mass is 353 g/mol. The predicted molar refractivity (Wildman–Crippen MR) is 94.8 cm³/mol. The zero-order valence-electron chi connectivity index (χ0n) is 14.4. The Labute approximate surface area is 150 Å². The predicted octanol–water partition coefficient (Wildman–Crippen LogP) is 2.25. The number of furan rings is 1. The largest absolute Gasteiger partial charge is 0.459 e. The van der Waals surface area contributed by atoms with Gasteiger partial charge >= 0.3 is 0 Å². The van der Waals surface area contributed by atoms with E-state index in [9.17, 15) is 9.59 Å². The Morgan fingerprint density at radius 1 is 1.23 bits per heavy atom. The smallest absolute Gasteiger partial charge is 0.287 e. The van der Waals surface area contributed by atoms with Crippen LogP contribution < -0.4 is 10.6 Å². The number of nitrogens with one attached hydrogen (secondary N) is 2. The van der Waals surface area contributed by atoms with E-state index in [2.05, 4.69) is 20.6 Å². The first-order chi connectivity index (χ1) is 12.5. The topological polar surface area (TPSA) is 102 Å². The molecule has 0 radical (unpaired) electrons. The van der Waals surface area contributed by atoms with Gasteiger partial charge in [-0.3, -0.25) is 14.2 Å². The van der Waals surface area contributed by atoms with E-state index in [1.54, 1.807) is 53.8 Å². The molecule has 0 saturated heterocycles. The molecule has 2 N–H and O–H groups in total. The highest BCUT2D eigenvalue weighted by Gasteiger charge is 2.25.